The van der Waals surface area contributed by atoms with Crippen LogP contribution in [0.5, 0.6) is 0 Å². The van der Waals surface area contributed by atoms with Crippen molar-refractivity contribution in [1.82, 2.24) is 0 Å². The Labute approximate surface area is 158 Å². The average molecular weight is 405 g/mol. The number of nitrogens with zero attached hydrogens (tertiary/aromatic N) is 1. The van der Waals surface area contributed by atoms with Crippen LogP contribution in [0, 0.1) is 10.1 Å². The fourth-order valence-corrected chi connectivity index (χ4v) is 3.60. The van der Waals surface area contributed by atoms with Crippen LogP contribution in [0.4, 0.5) is 17.1 Å². The molecule has 0 spiro atoms. The zero-order valence-corrected chi connectivity index (χ0v) is 15.1. The SMILES string of the molecule is O=c1ccc2cc(S(=O)(=O)Nc3cc([N+](=O)[O-])ccc3NCCO)ccc2o1. The number of sulfonamides is 1. The normalized spacial score (nSPS) is 11.3. The number of nitro groups is 1. The fourth-order valence-electron chi connectivity index (χ4n) is 2.50. The van der Waals surface area contributed by atoms with Gasteiger partial charge in [0, 0.05) is 30.1 Å². The molecule has 0 unspecified atom stereocenters. The molecule has 0 saturated carbocycles. The number of aliphatic hydroxyl groups excluding tert-OH is 1. The predicted octanol–water partition coefficient (Wildman–Crippen LogP) is 1.91. The quantitative estimate of drug-likeness (QED) is 0.306. The minimum atomic E-state index is -4.10. The largest absolute Gasteiger partial charge is 0.423 e. The summed E-state index contributed by atoms with van der Waals surface area (Å²) in [6.45, 7) is -0.0827. The van der Waals surface area contributed by atoms with Gasteiger partial charge in [-0.2, -0.15) is 0 Å². The molecule has 0 aliphatic rings. The standard InChI is InChI=1S/C17H15N3O7S/c21-8-7-18-14-4-2-12(20(23)24)10-15(14)19-28(25,26)13-3-5-16-11(9-13)1-6-17(22)27-16/h1-6,9-10,18-19,21H,7-8H2. The Hall–Kier alpha value is -3.44. The molecule has 10 nitrogen and oxygen atoms in total. The number of rotatable bonds is 7. The van der Waals surface area contributed by atoms with Gasteiger partial charge in [0.25, 0.3) is 15.7 Å². The van der Waals surface area contributed by atoms with Crippen molar-refractivity contribution in [3.63, 3.8) is 0 Å². The van der Waals surface area contributed by atoms with Crippen LogP contribution in [0.25, 0.3) is 11.0 Å². The second kappa shape index (κ2) is 7.66. The summed E-state index contributed by atoms with van der Waals surface area (Å²) < 4.78 is 32.8. The van der Waals surface area contributed by atoms with Gasteiger partial charge in [-0.3, -0.25) is 14.8 Å². The van der Waals surface area contributed by atoms with Crippen LogP contribution in [-0.2, 0) is 10.0 Å². The summed E-state index contributed by atoms with van der Waals surface area (Å²) in [4.78, 5) is 21.5. The van der Waals surface area contributed by atoms with Gasteiger partial charge in [-0.05, 0) is 30.3 Å². The highest BCUT2D eigenvalue weighted by Crippen LogP contribution is 2.29. The van der Waals surface area contributed by atoms with Crippen LogP contribution in [0.15, 0.2) is 62.6 Å². The predicted molar refractivity (Wildman–Crippen MR) is 102 cm³/mol. The molecule has 11 heteroatoms. The van der Waals surface area contributed by atoms with E-state index >= 15 is 0 Å². The molecular formula is C17H15N3O7S. The van der Waals surface area contributed by atoms with Crippen LogP contribution < -0.4 is 15.7 Å². The number of aliphatic hydroxyl groups is 1. The van der Waals surface area contributed by atoms with E-state index in [4.69, 9.17) is 9.52 Å². The molecular weight excluding hydrogens is 390 g/mol. The number of nitro benzene ring substituents is 1. The molecule has 0 amide bonds. The van der Waals surface area contributed by atoms with E-state index in [2.05, 4.69) is 10.0 Å². The summed E-state index contributed by atoms with van der Waals surface area (Å²) in [5.41, 5.74) is -0.394. The molecule has 3 aromatic rings. The Morgan fingerprint density at radius 2 is 1.86 bits per heavy atom. The summed E-state index contributed by atoms with van der Waals surface area (Å²) in [6.07, 6.45) is 0. The van der Waals surface area contributed by atoms with Gasteiger partial charge >= 0.3 is 5.63 Å². The minimum absolute atomic E-state index is 0.0395. The van der Waals surface area contributed by atoms with Crippen molar-refractivity contribution in [2.45, 2.75) is 4.90 Å². The third-order valence-electron chi connectivity index (χ3n) is 3.79. The monoisotopic (exact) mass is 405 g/mol. The van der Waals surface area contributed by atoms with Crippen molar-refractivity contribution in [3.05, 3.63) is 69.1 Å². The Bertz CT molecular complexity index is 1200. The van der Waals surface area contributed by atoms with Gasteiger partial charge in [0.05, 0.1) is 27.8 Å². The summed E-state index contributed by atoms with van der Waals surface area (Å²) in [7, 11) is -4.10. The van der Waals surface area contributed by atoms with E-state index in [1.807, 2.05) is 0 Å². The van der Waals surface area contributed by atoms with E-state index in [1.54, 1.807) is 0 Å². The Morgan fingerprint density at radius 1 is 1.07 bits per heavy atom. The van der Waals surface area contributed by atoms with Gasteiger partial charge in [-0.25, -0.2) is 13.2 Å². The highest BCUT2D eigenvalue weighted by Gasteiger charge is 2.19. The third kappa shape index (κ3) is 4.10. The van der Waals surface area contributed by atoms with Crippen molar-refractivity contribution >= 4 is 38.1 Å². The maximum atomic E-state index is 12.8. The Balaban J connectivity index is 2.01. The highest BCUT2D eigenvalue weighted by molar-refractivity contribution is 7.92. The number of hydrogen-bond acceptors (Lipinski definition) is 8. The van der Waals surface area contributed by atoms with Gasteiger partial charge in [0.2, 0.25) is 0 Å². The van der Waals surface area contributed by atoms with E-state index in [0.29, 0.717) is 5.39 Å². The second-order valence-corrected chi connectivity index (χ2v) is 7.38. The van der Waals surface area contributed by atoms with Crippen LogP contribution in [0.3, 0.4) is 0 Å². The molecule has 0 saturated heterocycles. The molecule has 0 radical (unpaired) electrons. The van der Waals surface area contributed by atoms with E-state index in [9.17, 15) is 23.3 Å². The molecule has 0 atom stereocenters. The minimum Gasteiger partial charge on any atom is -0.423 e. The molecule has 0 aliphatic carbocycles. The van der Waals surface area contributed by atoms with Crippen molar-refractivity contribution in [1.29, 1.82) is 0 Å². The molecule has 1 aromatic heterocycles. The Kier molecular flexibility index (Phi) is 5.29. The number of anilines is 2. The molecule has 0 bridgehead atoms. The van der Waals surface area contributed by atoms with E-state index in [0.717, 1.165) is 6.07 Å². The van der Waals surface area contributed by atoms with Crippen LogP contribution in [-0.4, -0.2) is 31.6 Å². The van der Waals surface area contributed by atoms with E-state index in [-0.39, 0.29) is 40.7 Å². The first kappa shape index (κ1) is 19.3. The van der Waals surface area contributed by atoms with Gasteiger partial charge in [0.15, 0.2) is 0 Å². The van der Waals surface area contributed by atoms with Gasteiger partial charge in [0.1, 0.15) is 5.58 Å². The number of fused-ring (bicyclic) bond motifs is 1. The number of nitrogens with one attached hydrogen (secondary N) is 2. The average Bonchev–Trinajstić information content (AvgIpc) is 2.66. The number of hydrogen-bond donors (Lipinski definition) is 3. The zero-order valence-electron chi connectivity index (χ0n) is 14.3. The van der Waals surface area contributed by atoms with Crippen LogP contribution >= 0.6 is 0 Å². The highest BCUT2D eigenvalue weighted by atomic mass is 32.2. The lowest BCUT2D eigenvalue weighted by molar-refractivity contribution is -0.384. The summed E-state index contributed by atoms with van der Waals surface area (Å²) in [5.74, 6) is 0. The first-order valence-electron chi connectivity index (χ1n) is 8.00. The summed E-state index contributed by atoms with van der Waals surface area (Å²) >= 11 is 0. The molecule has 28 heavy (non-hydrogen) atoms. The van der Waals surface area contributed by atoms with Crippen molar-refractivity contribution in [3.8, 4) is 0 Å². The lowest BCUT2D eigenvalue weighted by Crippen LogP contribution is -2.15. The van der Waals surface area contributed by atoms with Gasteiger partial charge in [-0.1, -0.05) is 0 Å². The molecule has 3 rings (SSSR count). The summed E-state index contributed by atoms with van der Waals surface area (Å²) in [5, 5.41) is 23.2. The lowest BCUT2D eigenvalue weighted by Gasteiger charge is -2.14. The maximum absolute atomic E-state index is 12.8. The maximum Gasteiger partial charge on any atom is 0.336 e. The van der Waals surface area contributed by atoms with Gasteiger partial charge < -0.3 is 14.8 Å². The van der Waals surface area contributed by atoms with E-state index < -0.39 is 20.6 Å². The lowest BCUT2D eigenvalue weighted by atomic mass is 10.2. The summed E-state index contributed by atoms with van der Waals surface area (Å²) in [6, 6.07) is 10.2. The first-order valence-corrected chi connectivity index (χ1v) is 9.48. The van der Waals surface area contributed by atoms with Gasteiger partial charge in [-0.15, -0.1) is 0 Å². The van der Waals surface area contributed by atoms with Crippen molar-refractivity contribution in [2.75, 3.05) is 23.2 Å². The zero-order chi connectivity index (χ0) is 20.3. The van der Waals surface area contributed by atoms with Crippen molar-refractivity contribution in [2.24, 2.45) is 0 Å². The number of benzene rings is 2. The topological polar surface area (TPSA) is 152 Å². The smallest absolute Gasteiger partial charge is 0.336 e. The van der Waals surface area contributed by atoms with Crippen LogP contribution in [0.1, 0.15) is 0 Å². The van der Waals surface area contributed by atoms with Crippen LogP contribution in [0.2, 0.25) is 0 Å². The fraction of sp³-hybridized carbons (Fsp3) is 0.118. The molecule has 0 aliphatic heterocycles. The van der Waals surface area contributed by atoms with E-state index in [1.165, 1.54) is 42.5 Å². The third-order valence-corrected chi connectivity index (χ3v) is 5.15. The molecule has 3 N–H and O–H groups in total. The number of non-ortho nitro benzene ring substituents is 1. The molecule has 0 fully saturated rings. The second-order valence-electron chi connectivity index (χ2n) is 5.70. The molecule has 146 valence electrons. The Morgan fingerprint density at radius 3 is 2.57 bits per heavy atom. The molecule has 2 aromatic carbocycles. The first-order chi connectivity index (χ1) is 13.3. The van der Waals surface area contributed by atoms with Crippen molar-refractivity contribution < 1.29 is 22.9 Å². The molecule has 1 heterocycles.